The van der Waals surface area contributed by atoms with Crippen molar-refractivity contribution in [2.45, 2.75) is 65.0 Å². The molecule has 2 saturated heterocycles. The molecule has 3 rings (SSSR count). The smallest absolute Gasteiger partial charge is 0.245 e. The summed E-state index contributed by atoms with van der Waals surface area (Å²) in [4.78, 5) is 28.9. The zero-order valence-electron chi connectivity index (χ0n) is 16.2. The van der Waals surface area contributed by atoms with E-state index in [1.807, 2.05) is 31.7 Å². The third-order valence-electron chi connectivity index (χ3n) is 5.61. The fourth-order valence-corrected chi connectivity index (χ4v) is 4.16. The molecule has 0 aromatic heterocycles. The standard InChI is InChI=1S/C21H30N2O3/c1-4-26-19-11-10-17(13-15(19)2)7-5-9-20(24)23-14-18-8-6-12-22(18)21(25)16(23)3/h10-11,13,16,18H,4-9,12,14H2,1-3H3/t16-,18+/m0/s1. The highest BCUT2D eigenvalue weighted by Crippen LogP contribution is 2.26. The normalized spacial score (nSPS) is 22.5. The second-order valence-corrected chi connectivity index (χ2v) is 7.44. The van der Waals surface area contributed by atoms with Gasteiger partial charge in [-0.05, 0) is 63.6 Å². The number of amides is 2. The predicted octanol–water partition coefficient (Wildman–Crippen LogP) is 2.94. The molecule has 2 atom stereocenters. The van der Waals surface area contributed by atoms with Crippen LogP contribution in [0.15, 0.2) is 18.2 Å². The van der Waals surface area contributed by atoms with Gasteiger partial charge >= 0.3 is 0 Å². The Morgan fingerprint density at radius 2 is 2.15 bits per heavy atom. The maximum absolute atomic E-state index is 12.7. The largest absolute Gasteiger partial charge is 0.494 e. The van der Waals surface area contributed by atoms with Gasteiger partial charge in [0.15, 0.2) is 0 Å². The van der Waals surface area contributed by atoms with Crippen LogP contribution >= 0.6 is 0 Å². The topological polar surface area (TPSA) is 49.9 Å². The van der Waals surface area contributed by atoms with E-state index in [2.05, 4.69) is 12.1 Å². The van der Waals surface area contributed by atoms with Gasteiger partial charge in [-0.15, -0.1) is 0 Å². The van der Waals surface area contributed by atoms with E-state index in [1.165, 1.54) is 5.56 Å². The minimum absolute atomic E-state index is 0.111. The fraction of sp³-hybridized carbons (Fsp3) is 0.619. The van der Waals surface area contributed by atoms with Crippen molar-refractivity contribution in [1.29, 1.82) is 0 Å². The van der Waals surface area contributed by atoms with Gasteiger partial charge in [0.1, 0.15) is 11.8 Å². The molecule has 0 bridgehead atoms. The lowest BCUT2D eigenvalue weighted by Crippen LogP contribution is -2.60. The number of benzene rings is 1. The molecule has 5 nitrogen and oxygen atoms in total. The lowest BCUT2D eigenvalue weighted by atomic mass is 10.0. The molecule has 142 valence electrons. The van der Waals surface area contributed by atoms with Crippen LogP contribution in [0.3, 0.4) is 0 Å². The fourth-order valence-electron chi connectivity index (χ4n) is 4.16. The molecular formula is C21H30N2O3. The zero-order valence-corrected chi connectivity index (χ0v) is 16.2. The van der Waals surface area contributed by atoms with Crippen molar-refractivity contribution >= 4 is 11.8 Å². The molecule has 2 heterocycles. The summed E-state index contributed by atoms with van der Waals surface area (Å²) in [6, 6.07) is 6.14. The molecule has 0 N–H and O–H groups in total. The van der Waals surface area contributed by atoms with E-state index in [9.17, 15) is 9.59 Å². The van der Waals surface area contributed by atoms with E-state index in [-0.39, 0.29) is 23.9 Å². The molecule has 2 amide bonds. The Balaban J connectivity index is 1.52. The molecule has 0 unspecified atom stereocenters. The first kappa shape index (κ1) is 18.7. The number of carbonyl (C=O) groups is 2. The third kappa shape index (κ3) is 3.87. The molecule has 2 aliphatic rings. The SMILES string of the molecule is CCOc1ccc(CCCC(=O)N2C[C@H]3CCCN3C(=O)[C@@H]2C)cc1C. The summed E-state index contributed by atoms with van der Waals surface area (Å²) in [5.74, 6) is 1.16. The summed E-state index contributed by atoms with van der Waals surface area (Å²) < 4.78 is 5.57. The van der Waals surface area contributed by atoms with Gasteiger partial charge in [0.2, 0.25) is 11.8 Å². The summed E-state index contributed by atoms with van der Waals surface area (Å²) in [6.07, 6.45) is 4.25. The van der Waals surface area contributed by atoms with E-state index in [4.69, 9.17) is 4.74 Å². The molecule has 1 aromatic rings. The van der Waals surface area contributed by atoms with Crippen molar-refractivity contribution in [2.24, 2.45) is 0 Å². The van der Waals surface area contributed by atoms with Gasteiger partial charge in [0.25, 0.3) is 0 Å². The van der Waals surface area contributed by atoms with Crippen LogP contribution in [0.5, 0.6) is 5.75 Å². The van der Waals surface area contributed by atoms with Crippen LogP contribution in [0, 0.1) is 6.92 Å². The van der Waals surface area contributed by atoms with Gasteiger partial charge in [0, 0.05) is 25.6 Å². The Hall–Kier alpha value is -2.04. The molecule has 2 aliphatic heterocycles. The van der Waals surface area contributed by atoms with Crippen molar-refractivity contribution < 1.29 is 14.3 Å². The van der Waals surface area contributed by atoms with Crippen molar-refractivity contribution in [3.8, 4) is 5.75 Å². The maximum Gasteiger partial charge on any atom is 0.245 e. The van der Waals surface area contributed by atoms with Crippen LogP contribution in [-0.4, -0.2) is 53.4 Å². The summed E-state index contributed by atoms with van der Waals surface area (Å²) in [6.45, 7) is 8.12. The molecule has 0 saturated carbocycles. The van der Waals surface area contributed by atoms with E-state index in [0.29, 0.717) is 19.6 Å². The van der Waals surface area contributed by atoms with Crippen LogP contribution in [0.2, 0.25) is 0 Å². The molecule has 0 radical (unpaired) electrons. The Labute approximate surface area is 156 Å². The van der Waals surface area contributed by atoms with Gasteiger partial charge in [-0.25, -0.2) is 0 Å². The minimum Gasteiger partial charge on any atom is -0.494 e. The van der Waals surface area contributed by atoms with Crippen molar-refractivity contribution in [3.05, 3.63) is 29.3 Å². The first-order valence-corrected chi connectivity index (χ1v) is 9.83. The van der Waals surface area contributed by atoms with Crippen molar-refractivity contribution in [1.82, 2.24) is 9.80 Å². The average Bonchev–Trinajstić information content (AvgIpc) is 3.09. The Morgan fingerprint density at radius 1 is 1.35 bits per heavy atom. The Morgan fingerprint density at radius 3 is 2.88 bits per heavy atom. The van der Waals surface area contributed by atoms with E-state index >= 15 is 0 Å². The van der Waals surface area contributed by atoms with E-state index < -0.39 is 0 Å². The highest BCUT2D eigenvalue weighted by molar-refractivity contribution is 5.89. The number of carbonyl (C=O) groups excluding carboxylic acids is 2. The zero-order chi connectivity index (χ0) is 18.7. The maximum atomic E-state index is 12.7. The van der Waals surface area contributed by atoms with Gasteiger partial charge in [-0.3, -0.25) is 9.59 Å². The molecule has 5 heteroatoms. The van der Waals surface area contributed by atoms with Crippen LogP contribution in [0.25, 0.3) is 0 Å². The second-order valence-electron chi connectivity index (χ2n) is 7.44. The monoisotopic (exact) mass is 358 g/mol. The summed E-state index contributed by atoms with van der Waals surface area (Å²) in [5, 5.41) is 0. The number of aryl methyl sites for hydroxylation is 2. The highest BCUT2D eigenvalue weighted by Gasteiger charge is 2.41. The van der Waals surface area contributed by atoms with Crippen LogP contribution in [0.1, 0.15) is 50.7 Å². The molecule has 26 heavy (non-hydrogen) atoms. The van der Waals surface area contributed by atoms with E-state index in [1.54, 1.807) is 4.90 Å². The molecular weight excluding hydrogens is 328 g/mol. The van der Waals surface area contributed by atoms with E-state index in [0.717, 1.165) is 43.5 Å². The number of fused-ring (bicyclic) bond motifs is 1. The minimum atomic E-state index is -0.315. The first-order chi connectivity index (χ1) is 12.5. The summed E-state index contributed by atoms with van der Waals surface area (Å²) in [7, 11) is 0. The van der Waals surface area contributed by atoms with Gasteiger partial charge < -0.3 is 14.5 Å². The van der Waals surface area contributed by atoms with Gasteiger partial charge in [-0.1, -0.05) is 12.1 Å². The van der Waals surface area contributed by atoms with Gasteiger partial charge in [0.05, 0.1) is 6.61 Å². The summed E-state index contributed by atoms with van der Waals surface area (Å²) >= 11 is 0. The number of hydrogen-bond acceptors (Lipinski definition) is 3. The Kier molecular flexibility index (Phi) is 5.84. The highest BCUT2D eigenvalue weighted by atomic mass is 16.5. The molecule has 0 spiro atoms. The Bertz CT molecular complexity index is 673. The van der Waals surface area contributed by atoms with Crippen LogP contribution in [0.4, 0.5) is 0 Å². The van der Waals surface area contributed by atoms with Crippen molar-refractivity contribution in [3.63, 3.8) is 0 Å². The quantitative estimate of drug-likeness (QED) is 0.786. The predicted molar refractivity (Wildman–Crippen MR) is 101 cm³/mol. The molecule has 2 fully saturated rings. The number of piperazine rings is 1. The number of rotatable bonds is 6. The molecule has 1 aromatic carbocycles. The average molecular weight is 358 g/mol. The number of hydrogen-bond donors (Lipinski definition) is 0. The van der Waals surface area contributed by atoms with Crippen LogP contribution < -0.4 is 4.74 Å². The third-order valence-corrected chi connectivity index (χ3v) is 5.61. The lowest BCUT2D eigenvalue weighted by molar-refractivity contribution is -0.152. The molecule has 0 aliphatic carbocycles. The first-order valence-electron chi connectivity index (χ1n) is 9.83. The number of ether oxygens (including phenoxy) is 1. The summed E-state index contributed by atoms with van der Waals surface area (Å²) in [5.41, 5.74) is 2.36. The number of nitrogens with zero attached hydrogens (tertiary/aromatic N) is 2. The van der Waals surface area contributed by atoms with Gasteiger partial charge in [-0.2, -0.15) is 0 Å². The van der Waals surface area contributed by atoms with Crippen LogP contribution in [-0.2, 0) is 16.0 Å². The second kappa shape index (κ2) is 8.11. The van der Waals surface area contributed by atoms with Crippen molar-refractivity contribution in [2.75, 3.05) is 19.7 Å². The lowest BCUT2D eigenvalue weighted by Gasteiger charge is -2.41.